The molecule has 1 unspecified atom stereocenters. The molecule has 5 nitrogen and oxygen atoms in total. The molecule has 1 saturated heterocycles. The second-order valence-corrected chi connectivity index (χ2v) is 4.98. The summed E-state index contributed by atoms with van der Waals surface area (Å²) in [4.78, 5) is 6.18. The minimum atomic E-state index is -0.225. The van der Waals surface area contributed by atoms with Crippen molar-refractivity contribution in [1.29, 1.82) is 0 Å². The number of aliphatic imine (C=N–C) groups is 1. The minimum absolute atomic E-state index is 0.0399. The van der Waals surface area contributed by atoms with Crippen LogP contribution in [0.2, 0.25) is 0 Å². The van der Waals surface area contributed by atoms with E-state index in [-0.39, 0.29) is 11.9 Å². The molecule has 6 heteroatoms. The molecule has 0 spiro atoms. The van der Waals surface area contributed by atoms with E-state index in [9.17, 15) is 4.39 Å². The first-order valence-corrected chi connectivity index (χ1v) is 7.04. The first kappa shape index (κ1) is 15.7. The SMILES string of the molecule is CN=C(NCC1COCCO1)N(C)Cc1cccc(F)c1. The fourth-order valence-electron chi connectivity index (χ4n) is 2.23. The van der Waals surface area contributed by atoms with Gasteiger partial charge in [0.25, 0.3) is 0 Å². The van der Waals surface area contributed by atoms with Gasteiger partial charge in [0, 0.05) is 27.2 Å². The molecule has 1 aromatic carbocycles. The summed E-state index contributed by atoms with van der Waals surface area (Å²) in [5.41, 5.74) is 0.901. The van der Waals surface area contributed by atoms with Crippen molar-refractivity contribution in [3.05, 3.63) is 35.6 Å². The van der Waals surface area contributed by atoms with Crippen LogP contribution in [0.1, 0.15) is 5.56 Å². The number of guanidine groups is 1. The first-order valence-electron chi connectivity index (χ1n) is 7.04. The Bertz CT molecular complexity index is 476. The summed E-state index contributed by atoms with van der Waals surface area (Å²) < 4.78 is 24.1. The van der Waals surface area contributed by atoms with Gasteiger partial charge < -0.3 is 19.7 Å². The quantitative estimate of drug-likeness (QED) is 0.671. The van der Waals surface area contributed by atoms with Crippen LogP contribution in [-0.4, -0.2) is 57.4 Å². The molecular formula is C15H22FN3O2. The zero-order valence-corrected chi connectivity index (χ0v) is 12.5. The van der Waals surface area contributed by atoms with E-state index in [1.54, 1.807) is 13.1 Å². The third-order valence-electron chi connectivity index (χ3n) is 3.25. The van der Waals surface area contributed by atoms with E-state index < -0.39 is 0 Å². The number of ether oxygens (including phenoxy) is 2. The van der Waals surface area contributed by atoms with Crippen molar-refractivity contribution in [1.82, 2.24) is 10.2 Å². The maximum absolute atomic E-state index is 13.2. The van der Waals surface area contributed by atoms with Crippen molar-refractivity contribution < 1.29 is 13.9 Å². The third kappa shape index (κ3) is 4.99. The highest BCUT2D eigenvalue weighted by molar-refractivity contribution is 5.79. The molecule has 2 rings (SSSR count). The van der Waals surface area contributed by atoms with Crippen molar-refractivity contribution in [2.75, 3.05) is 40.5 Å². The molecule has 1 aromatic rings. The first-order chi connectivity index (χ1) is 10.2. The van der Waals surface area contributed by atoms with Crippen molar-refractivity contribution in [2.24, 2.45) is 4.99 Å². The summed E-state index contributed by atoms with van der Waals surface area (Å²) >= 11 is 0. The fraction of sp³-hybridized carbons (Fsp3) is 0.533. The molecule has 0 bridgehead atoms. The highest BCUT2D eigenvalue weighted by Crippen LogP contribution is 2.06. The highest BCUT2D eigenvalue weighted by atomic mass is 19.1. The Balaban J connectivity index is 1.85. The molecule has 1 fully saturated rings. The molecule has 116 valence electrons. The molecule has 0 amide bonds. The maximum Gasteiger partial charge on any atom is 0.193 e. The lowest BCUT2D eigenvalue weighted by molar-refractivity contribution is -0.0851. The van der Waals surface area contributed by atoms with Gasteiger partial charge in [-0.1, -0.05) is 12.1 Å². The van der Waals surface area contributed by atoms with E-state index in [0.29, 0.717) is 32.9 Å². The van der Waals surface area contributed by atoms with E-state index in [1.165, 1.54) is 12.1 Å². The van der Waals surface area contributed by atoms with Gasteiger partial charge in [0.05, 0.1) is 25.9 Å². The third-order valence-corrected chi connectivity index (χ3v) is 3.25. The zero-order chi connectivity index (χ0) is 15.1. The van der Waals surface area contributed by atoms with E-state index in [0.717, 1.165) is 11.5 Å². The topological polar surface area (TPSA) is 46.1 Å². The average molecular weight is 295 g/mol. The standard InChI is InChI=1S/C15H22FN3O2/c1-17-15(18-9-14-11-20-6-7-21-14)19(2)10-12-4-3-5-13(16)8-12/h3-5,8,14H,6-7,9-11H2,1-2H3,(H,17,18). The smallest absolute Gasteiger partial charge is 0.193 e. The van der Waals surface area contributed by atoms with E-state index in [2.05, 4.69) is 10.3 Å². The van der Waals surface area contributed by atoms with Gasteiger partial charge in [-0.3, -0.25) is 4.99 Å². The van der Waals surface area contributed by atoms with Gasteiger partial charge in [-0.25, -0.2) is 4.39 Å². The monoisotopic (exact) mass is 295 g/mol. The predicted octanol–water partition coefficient (Wildman–Crippen LogP) is 1.25. The molecule has 0 radical (unpaired) electrons. The Hall–Kier alpha value is -1.66. The molecule has 21 heavy (non-hydrogen) atoms. The lowest BCUT2D eigenvalue weighted by Gasteiger charge is -2.27. The normalized spacial score (nSPS) is 19.4. The number of benzene rings is 1. The Morgan fingerprint density at radius 3 is 3.00 bits per heavy atom. The number of halogens is 1. The second kappa shape index (κ2) is 7.95. The van der Waals surface area contributed by atoms with Crippen LogP contribution in [0.3, 0.4) is 0 Å². The van der Waals surface area contributed by atoms with Crippen LogP contribution in [0.4, 0.5) is 4.39 Å². The molecule has 1 atom stereocenters. The summed E-state index contributed by atoms with van der Waals surface area (Å²) in [6, 6.07) is 6.58. The van der Waals surface area contributed by atoms with Crippen LogP contribution in [0, 0.1) is 5.82 Å². The highest BCUT2D eigenvalue weighted by Gasteiger charge is 2.15. The summed E-state index contributed by atoms with van der Waals surface area (Å²) in [5.74, 6) is 0.519. The van der Waals surface area contributed by atoms with Crippen molar-refractivity contribution >= 4 is 5.96 Å². The van der Waals surface area contributed by atoms with Gasteiger partial charge in [0.1, 0.15) is 5.82 Å². The molecular weight excluding hydrogens is 273 g/mol. The number of nitrogens with zero attached hydrogens (tertiary/aromatic N) is 2. The Morgan fingerprint density at radius 2 is 2.33 bits per heavy atom. The molecule has 1 N–H and O–H groups in total. The van der Waals surface area contributed by atoms with Crippen molar-refractivity contribution in [2.45, 2.75) is 12.6 Å². The Morgan fingerprint density at radius 1 is 1.48 bits per heavy atom. The predicted molar refractivity (Wildman–Crippen MR) is 79.8 cm³/mol. The van der Waals surface area contributed by atoms with Crippen molar-refractivity contribution in [3.8, 4) is 0 Å². The molecule has 0 saturated carbocycles. The summed E-state index contributed by atoms with van der Waals surface area (Å²) in [6.07, 6.45) is 0.0399. The van der Waals surface area contributed by atoms with Crippen LogP contribution in [0.5, 0.6) is 0 Å². The maximum atomic E-state index is 13.2. The molecule has 0 aromatic heterocycles. The number of rotatable bonds is 4. The van der Waals surface area contributed by atoms with E-state index >= 15 is 0 Å². The minimum Gasteiger partial charge on any atom is -0.376 e. The van der Waals surface area contributed by atoms with Crippen molar-refractivity contribution in [3.63, 3.8) is 0 Å². The largest absolute Gasteiger partial charge is 0.376 e. The summed E-state index contributed by atoms with van der Waals surface area (Å²) in [6.45, 7) is 3.10. The van der Waals surface area contributed by atoms with Gasteiger partial charge in [-0.05, 0) is 17.7 Å². The van der Waals surface area contributed by atoms with Crippen LogP contribution < -0.4 is 5.32 Å². The second-order valence-electron chi connectivity index (χ2n) is 4.98. The lowest BCUT2D eigenvalue weighted by Crippen LogP contribution is -2.45. The van der Waals surface area contributed by atoms with Crippen LogP contribution in [0.25, 0.3) is 0 Å². The Kier molecular flexibility index (Phi) is 5.95. The van der Waals surface area contributed by atoms with Crippen LogP contribution in [0.15, 0.2) is 29.3 Å². The number of hydrogen-bond donors (Lipinski definition) is 1. The summed E-state index contributed by atoms with van der Waals surface area (Å²) in [5, 5.41) is 3.25. The molecule has 1 aliphatic rings. The molecule has 0 aliphatic carbocycles. The number of nitrogens with one attached hydrogen (secondary N) is 1. The van der Waals surface area contributed by atoms with Gasteiger partial charge in [0.2, 0.25) is 0 Å². The number of hydrogen-bond acceptors (Lipinski definition) is 3. The van der Waals surface area contributed by atoms with Gasteiger partial charge in [0.15, 0.2) is 5.96 Å². The summed E-state index contributed by atoms with van der Waals surface area (Å²) in [7, 11) is 3.64. The molecule has 1 heterocycles. The Labute approximate surface area is 124 Å². The van der Waals surface area contributed by atoms with Gasteiger partial charge >= 0.3 is 0 Å². The zero-order valence-electron chi connectivity index (χ0n) is 12.5. The van der Waals surface area contributed by atoms with E-state index in [1.807, 2.05) is 18.0 Å². The van der Waals surface area contributed by atoms with E-state index in [4.69, 9.17) is 9.47 Å². The average Bonchev–Trinajstić information content (AvgIpc) is 2.49. The van der Waals surface area contributed by atoms with Gasteiger partial charge in [-0.15, -0.1) is 0 Å². The fourth-order valence-corrected chi connectivity index (χ4v) is 2.23. The van der Waals surface area contributed by atoms with Crippen LogP contribution >= 0.6 is 0 Å². The lowest BCUT2D eigenvalue weighted by atomic mass is 10.2. The van der Waals surface area contributed by atoms with Crippen LogP contribution in [-0.2, 0) is 16.0 Å². The van der Waals surface area contributed by atoms with Gasteiger partial charge in [-0.2, -0.15) is 0 Å². The molecule has 1 aliphatic heterocycles.